The average molecular weight is 278 g/mol. The van der Waals surface area contributed by atoms with Crippen LogP contribution in [0.5, 0.6) is 11.5 Å². The number of ether oxygens (including phenoxy) is 2. The van der Waals surface area contributed by atoms with E-state index in [9.17, 15) is 5.11 Å². The minimum atomic E-state index is -0.736. The molecule has 1 atom stereocenters. The number of rotatable bonds is 5. The molecule has 2 rings (SSSR count). The molecule has 1 aromatic carbocycles. The van der Waals surface area contributed by atoms with Gasteiger partial charge in [0.25, 0.3) is 0 Å². The molecule has 0 heterocycles. The Morgan fingerprint density at radius 1 is 1.05 bits per heavy atom. The molecule has 0 spiro atoms. The lowest BCUT2D eigenvalue weighted by Gasteiger charge is -2.26. The third-order valence-corrected chi connectivity index (χ3v) is 4.07. The molecule has 1 fully saturated rings. The van der Waals surface area contributed by atoms with Crippen LogP contribution in [0.1, 0.15) is 52.5 Å². The average Bonchev–Trinajstić information content (AvgIpc) is 2.67. The van der Waals surface area contributed by atoms with Crippen molar-refractivity contribution in [1.82, 2.24) is 0 Å². The molecule has 0 bridgehead atoms. The van der Waals surface area contributed by atoms with E-state index in [0.717, 1.165) is 36.3 Å². The van der Waals surface area contributed by atoms with Gasteiger partial charge in [0.15, 0.2) is 11.5 Å². The van der Waals surface area contributed by atoms with Crippen LogP contribution in [0.25, 0.3) is 0 Å². The molecule has 0 aromatic heterocycles. The van der Waals surface area contributed by atoms with Crippen LogP contribution in [0.2, 0.25) is 0 Å². The molecule has 1 aliphatic carbocycles. The standard InChI is InChI=1S/C17H26O3/c1-5-19-14-8-7-13(11-15(14)20-6-2)17(18)10-9-16(3,4)12-17/h7-8,11,18H,5-6,9-10,12H2,1-4H3. The van der Waals surface area contributed by atoms with Gasteiger partial charge >= 0.3 is 0 Å². The maximum atomic E-state index is 10.9. The van der Waals surface area contributed by atoms with Gasteiger partial charge in [-0.15, -0.1) is 0 Å². The number of benzene rings is 1. The second-order valence-corrected chi connectivity index (χ2v) is 6.40. The SMILES string of the molecule is CCOc1ccc(C2(O)CCC(C)(C)C2)cc1OCC. The Labute approximate surface area is 121 Å². The van der Waals surface area contributed by atoms with Gasteiger partial charge in [-0.25, -0.2) is 0 Å². The summed E-state index contributed by atoms with van der Waals surface area (Å²) in [7, 11) is 0. The van der Waals surface area contributed by atoms with E-state index in [4.69, 9.17) is 9.47 Å². The third-order valence-electron chi connectivity index (χ3n) is 4.07. The fourth-order valence-corrected chi connectivity index (χ4v) is 3.10. The molecule has 1 N–H and O–H groups in total. The molecule has 1 unspecified atom stereocenters. The Morgan fingerprint density at radius 3 is 2.25 bits per heavy atom. The van der Waals surface area contributed by atoms with Crippen LogP contribution in [0.15, 0.2) is 18.2 Å². The number of hydrogen-bond donors (Lipinski definition) is 1. The van der Waals surface area contributed by atoms with Crippen LogP contribution in [0, 0.1) is 5.41 Å². The zero-order valence-corrected chi connectivity index (χ0v) is 13.0. The minimum Gasteiger partial charge on any atom is -0.490 e. The molecule has 20 heavy (non-hydrogen) atoms. The van der Waals surface area contributed by atoms with Crippen LogP contribution in [0.4, 0.5) is 0 Å². The summed E-state index contributed by atoms with van der Waals surface area (Å²) >= 11 is 0. The van der Waals surface area contributed by atoms with Crippen molar-refractivity contribution in [1.29, 1.82) is 0 Å². The summed E-state index contributed by atoms with van der Waals surface area (Å²) in [6.45, 7) is 9.53. The fourth-order valence-electron chi connectivity index (χ4n) is 3.10. The van der Waals surface area contributed by atoms with Crippen molar-refractivity contribution in [3.63, 3.8) is 0 Å². The van der Waals surface area contributed by atoms with Gasteiger partial charge in [-0.3, -0.25) is 0 Å². The molecule has 1 saturated carbocycles. The summed E-state index contributed by atoms with van der Waals surface area (Å²) in [5.74, 6) is 1.48. The van der Waals surface area contributed by atoms with Crippen LogP contribution >= 0.6 is 0 Å². The van der Waals surface area contributed by atoms with E-state index in [1.165, 1.54) is 0 Å². The van der Waals surface area contributed by atoms with Gasteiger partial charge in [-0.05, 0) is 56.2 Å². The van der Waals surface area contributed by atoms with Gasteiger partial charge in [0.2, 0.25) is 0 Å². The lowest BCUT2D eigenvalue weighted by atomic mass is 9.86. The summed E-state index contributed by atoms with van der Waals surface area (Å²) < 4.78 is 11.2. The zero-order valence-electron chi connectivity index (χ0n) is 13.0. The van der Waals surface area contributed by atoms with Gasteiger partial charge in [-0.2, -0.15) is 0 Å². The first-order valence-electron chi connectivity index (χ1n) is 7.53. The molecule has 3 nitrogen and oxygen atoms in total. The summed E-state index contributed by atoms with van der Waals surface area (Å²) in [4.78, 5) is 0. The first-order valence-corrected chi connectivity index (χ1v) is 7.53. The van der Waals surface area contributed by atoms with Crippen LogP contribution in [0.3, 0.4) is 0 Å². The highest BCUT2D eigenvalue weighted by molar-refractivity contribution is 5.45. The molecular formula is C17H26O3. The molecule has 0 amide bonds. The molecule has 3 heteroatoms. The second-order valence-electron chi connectivity index (χ2n) is 6.40. The summed E-state index contributed by atoms with van der Waals surface area (Å²) in [5, 5.41) is 10.9. The topological polar surface area (TPSA) is 38.7 Å². The maximum absolute atomic E-state index is 10.9. The quantitative estimate of drug-likeness (QED) is 0.888. The Balaban J connectivity index is 2.31. The van der Waals surface area contributed by atoms with Gasteiger partial charge in [0, 0.05) is 0 Å². The smallest absolute Gasteiger partial charge is 0.161 e. The largest absolute Gasteiger partial charge is 0.490 e. The van der Waals surface area contributed by atoms with Crippen LogP contribution in [-0.4, -0.2) is 18.3 Å². The van der Waals surface area contributed by atoms with Crippen LogP contribution < -0.4 is 9.47 Å². The molecule has 0 radical (unpaired) electrons. The summed E-state index contributed by atoms with van der Waals surface area (Å²) in [6.07, 6.45) is 2.64. The highest BCUT2D eigenvalue weighted by atomic mass is 16.5. The Kier molecular flexibility index (Phi) is 4.28. The molecule has 1 aliphatic rings. The van der Waals surface area contributed by atoms with E-state index >= 15 is 0 Å². The van der Waals surface area contributed by atoms with Crippen molar-refractivity contribution < 1.29 is 14.6 Å². The van der Waals surface area contributed by atoms with E-state index in [1.54, 1.807) is 0 Å². The van der Waals surface area contributed by atoms with E-state index in [-0.39, 0.29) is 5.41 Å². The van der Waals surface area contributed by atoms with Crippen molar-refractivity contribution in [3.8, 4) is 11.5 Å². The maximum Gasteiger partial charge on any atom is 0.161 e. The van der Waals surface area contributed by atoms with E-state index in [1.807, 2.05) is 32.0 Å². The van der Waals surface area contributed by atoms with E-state index in [0.29, 0.717) is 13.2 Å². The monoisotopic (exact) mass is 278 g/mol. The Bertz CT molecular complexity index is 467. The fraction of sp³-hybridized carbons (Fsp3) is 0.647. The first kappa shape index (κ1) is 15.2. The second kappa shape index (κ2) is 5.65. The van der Waals surface area contributed by atoms with E-state index in [2.05, 4.69) is 13.8 Å². The van der Waals surface area contributed by atoms with Gasteiger partial charge in [-0.1, -0.05) is 19.9 Å². The lowest BCUT2D eigenvalue weighted by molar-refractivity contribution is 0.0335. The number of aliphatic hydroxyl groups is 1. The number of hydrogen-bond acceptors (Lipinski definition) is 3. The van der Waals surface area contributed by atoms with Crippen molar-refractivity contribution >= 4 is 0 Å². The molecule has 0 aliphatic heterocycles. The molecular weight excluding hydrogens is 252 g/mol. The minimum absolute atomic E-state index is 0.194. The molecule has 1 aromatic rings. The van der Waals surface area contributed by atoms with Crippen molar-refractivity contribution in [3.05, 3.63) is 23.8 Å². The summed E-state index contributed by atoms with van der Waals surface area (Å²) in [6, 6.07) is 5.82. The molecule has 0 saturated heterocycles. The Morgan fingerprint density at radius 2 is 1.70 bits per heavy atom. The predicted molar refractivity (Wildman–Crippen MR) is 80.3 cm³/mol. The predicted octanol–water partition coefficient (Wildman–Crippen LogP) is 3.88. The van der Waals surface area contributed by atoms with E-state index < -0.39 is 5.60 Å². The third kappa shape index (κ3) is 3.09. The van der Waals surface area contributed by atoms with Gasteiger partial charge in [0.1, 0.15) is 0 Å². The highest BCUT2D eigenvalue weighted by Gasteiger charge is 2.43. The van der Waals surface area contributed by atoms with Crippen LogP contribution in [-0.2, 0) is 5.60 Å². The lowest BCUT2D eigenvalue weighted by Crippen LogP contribution is -2.23. The highest BCUT2D eigenvalue weighted by Crippen LogP contribution is 2.49. The normalized spacial score (nSPS) is 24.6. The van der Waals surface area contributed by atoms with Crippen molar-refractivity contribution in [2.24, 2.45) is 5.41 Å². The zero-order chi connectivity index (χ0) is 14.8. The molecule has 112 valence electrons. The van der Waals surface area contributed by atoms with Crippen molar-refractivity contribution in [2.45, 2.75) is 52.6 Å². The summed E-state index contributed by atoms with van der Waals surface area (Å²) in [5.41, 5.74) is 0.397. The first-order chi connectivity index (χ1) is 9.40. The van der Waals surface area contributed by atoms with Gasteiger partial charge in [0.05, 0.1) is 18.8 Å². The van der Waals surface area contributed by atoms with Gasteiger partial charge < -0.3 is 14.6 Å². The Hall–Kier alpha value is -1.22. The van der Waals surface area contributed by atoms with Crippen molar-refractivity contribution in [2.75, 3.05) is 13.2 Å².